The lowest BCUT2D eigenvalue weighted by atomic mass is 10.1. The predicted molar refractivity (Wildman–Crippen MR) is 120 cm³/mol. The predicted octanol–water partition coefficient (Wildman–Crippen LogP) is 4.99. The van der Waals surface area contributed by atoms with Crippen LogP contribution in [0.25, 0.3) is 11.0 Å². The van der Waals surface area contributed by atoms with E-state index in [1.165, 1.54) is 12.1 Å². The van der Waals surface area contributed by atoms with Crippen LogP contribution in [0.4, 0.5) is 9.18 Å². The van der Waals surface area contributed by atoms with E-state index in [4.69, 9.17) is 4.74 Å². The zero-order chi connectivity index (χ0) is 22.5. The van der Waals surface area contributed by atoms with Crippen molar-refractivity contribution >= 4 is 17.1 Å². The van der Waals surface area contributed by atoms with Crippen molar-refractivity contribution < 1.29 is 19.0 Å². The maximum atomic E-state index is 13.1. The van der Waals surface area contributed by atoms with Gasteiger partial charge in [0.25, 0.3) is 0 Å². The van der Waals surface area contributed by atoms with Crippen LogP contribution in [0.2, 0.25) is 0 Å². The molecule has 1 amide bonds. The van der Waals surface area contributed by atoms with Crippen LogP contribution in [-0.4, -0.2) is 26.9 Å². The number of rotatable bonds is 7. The van der Waals surface area contributed by atoms with Gasteiger partial charge < -0.3 is 19.0 Å². The Balaban J connectivity index is 1.66. The van der Waals surface area contributed by atoms with Crippen LogP contribution in [-0.2, 0) is 13.1 Å². The number of para-hydroxylation sites is 2. The number of carbonyl (C=O) groups is 1. The quantitative estimate of drug-likeness (QED) is 0.418. The van der Waals surface area contributed by atoms with Gasteiger partial charge in [0, 0.05) is 6.54 Å². The largest absolute Gasteiger partial charge is 0.494 e. The molecule has 0 unspecified atom stereocenters. The first kappa shape index (κ1) is 21.4. The minimum absolute atomic E-state index is 0.311. The van der Waals surface area contributed by atoms with Crippen LogP contribution < -0.4 is 10.4 Å². The zero-order valence-electron chi connectivity index (χ0n) is 17.7. The summed E-state index contributed by atoms with van der Waals surface area (Å²) >= 11 is 0. The topological polar surface area (TPSA) is 68.8 Å². The minimum atomic E-state index is -1.24. The number of hydrogen-bond donors (Lipinski definition) is 1. The number of halogens is 1. The summed E-state index contributed by atoms with van der Waals surface area (Å²) in [6.45, 7) is 3.48. The molecule has 7 heteroatoms. The Bertz CT molecular complexity index is 1310. The lowest BCUT2D eigenvalue weighted by molar-refractivity contribution is 0.204. The number of carboxylic acid groups (broad SMARTS) is 1. The lowest BCUT2D eigenvalue weighted by Crippen LogP contribution is -2.28. The van der Waals surface area contributed by atoms with E-state index in [1.54, 1.807) is 12.1 Å². The highest BCUT2D eigenvalue weighted by Gasteiger charge is 2.14. The van der Waals surface area contributed by atoms with Crippen LogP contribution >= 0.6 is 0 Å². The molecule has 0 saturated heterocycles. The Morgan fingerprint density at radius 3 is 2.31 bits per heavy atom. The molecule has 0 aliphatic heterocycles. The fraction of sp³-hybridized carbons (Fsp3) is 0.200. The van der Waals surface area contributed by atoms with Gasteiger partial charge in [-0.25, -0.2) is 9.18 Å². The van der Waals surface area contributed by atoms with Crippen LogP contribution in [0.3, 0.4) is 0 Å². The van der Waals surface area contributed by atoms with Gasteiger partial charge in [0.05, 0.1) is 24.2 Å². The first-order valence-corrected chi connectivity index (χ1v) is 10.4. The normalized spacial score (nSPS) is 11.8. The molecule has 1 N–H and O–H groups in total. The molecule has 164 valence electrons. The summed E-state index contributed by atoms with van der Waals surface area (Å²) in [6.07, 6.45) is -0.613. The molecule has 0 atom stereocenters. The molecule has 0 fully saturated rings. The molecule has 0 aliphatic carbocycles. The number of hydrogen-bond acceptors (Lipinski definition) is 2. The van der Waals surface area contributed by atoms with Crippen LogP contribution in [0.5, 0.6) is 5.75 Å². The van der Waals surface area contributed by atoms with E-state index < -0.39 is 6.09 Å². The summed E-state index contributed by atoms with van der Waals surface area (Å²) in [4.78, 5) is 15.5. The van der Waals surface area contributed by atoms with Crippen LogP contribution in [0.15, 0.2) is 77.8 Å². The third kappa shape index (κ3) is 4.72. The van der Waals surface area contributed by atoms with Crippen LogP contribution in [0, 0.1) is 12.7 Å². The molecule has 0 aliphatic rings. The molecular weight excluding hydrogens is 409 g/mol. The van der Waals surface area contributed by atoms with E-state index in [9.17, 15) is 14.3 Å². The van der Waals surface area contributed by atoms with E-state index in [0.717, 1.165) is 22.2 Å². The summed E-state index contributed by atoms with van der Waals surface area (Å²) in [5.41, 5.74) is 4.43. The van der Waals surface area contributed by atoms with Gasteiger partial charge in [-0.2, -0.15) is 0 Å². The number of aromatic nitrogens is 2. The van der Waals surface area contributed by atoms with E-state index in [0.29, 0.717) is 37.5 Å². The number of benzene rings is 3. The monoisotopic (exact) mass is 433 g/mol. The van der Waals surface area contributed by atoms with E-state index in [1.807, 2.05) is 64.6 Å². The fourth-order valence-corrected chi connectivity index (χ4v) is 3.77. The average molecular weight is 433 g/mol. The van der Waals surface area contributed by atoms with Crippen molar-refractivity contribution in [1.82, 2.24) is 9.13 Å². The van der Waals surface area contributed by atoms with Gasteiger partial charge in [0.15, 0.2) is 0 Å². The SMILES string of the molecule is Cc1ccccc1Cn1/c(=N/C(=O)O)n(CCCOc2ccc(F)cc2)c2ccccc21. The first-order valence-electron chi connectivity index (χ1n) is 10.4. The standard InChI is InChI=1S/C25H24FN3O3/c1-18-7-2-3-8-19(18)17-29-23-10-5-4-9-22(23)28(24(29)27-25(30)31)15-6-16-32-21-13-11-20(26)12-14-21/h2-5,7-14H,6,15-17H2,1H3,(H,30,31)/b27-24+. The van der Waals surface area contributed by atoms with Crippen molar-refractivity contribution in [3.8, 4) is 5.75 Å². The first-order chi connectivity index (χ1) is 15.5. The Labute approximate surface area is 184 Å². The van der Waals surface area contributed by atoms with Gasteiger partial charge in [-0.3, -0.25) is 0 Å². The maximum absolute atomic E-state index is 13.1. The highest BCUT2D eigenvalue weighted by molar-refractivity contribution is 5.76. The summed E-state index contributed by atoms with van der Waals surface area (Å²) < 4.78 is 22.6. The molecule has 32 heavy (non-hydrogen) atoms. The third-order valence-electron chi connectivity index (χ3n) is 5.34. The molecule has 0 radical (unpaired) electrons. The Kier molecular flexibility index (Phi) is 6.35. The van der Waals surface area contributed by atoms with Gasteiger partial charge in [0.2, 0.25) is 5.62 Å². The van der Waals surface area contributed by atoms with Crippen LogP contribution in [0.1, 0.15) is 17.5 Å². The van der Waals surface area contributed by atoms with Crippen molar-refractivity contribution in [3.05, 3.63) is 95.4 Å². The summed E-state index contributed by atoms with van der Waals surface area (Å²) in [5, 5.41) is 9.46. The van der Waals surface area contributed by atoms with Crippen molar-refractivity contribution in [1.29, 1.82) is 0 Å². The summed E-state index contributed by atoms with van der Waals surface area (Å²) in [7, 11) is 0. The molecule has 0 bridgehead atoms. The van der Waals surface area contributed by atoms with E-state index in [2.05, 4.69) is 4.99 Å². The average Bonchev–Trinajstić information content (AvgIpc) is 3.06. The fourth-order valence-electron chi connectivity index (χ4n) is 3.77. The molecule has 4 rings (SSSR count). The Morgan fingerprint density at radius 1 is 0.969 bits per heavy atom. The van der Waals surface area contributed by atoms with Gasteiger partial charge >= 0.3 is 6.09 Å². The van der Waals surface area contributed by atoms with Gasteiger partial charge in [0.1, 0.15) is 11.6 Å². The maximum Gasteiger partial charge on any atom is 0.434 e. The second kappa shape index (κ2) is 9.51. The number of ether oxygens (including phenoxy) is 1. The van der Waals surface area contributed by atoms with Crippen molar-refractivity contribution in [2.75, 3.05) is 6.61 Å². The molecule has 1 heterocycles. The molecule has 1 aromatic heterocycles. The second-order valence-electron chi connectivity index (χ2n) is 7.50. The van der Waals surface area contributed by atoms with Crippen molar-refractivity contribution in [3.63, 3.8) is 0 Å². The van der Waals surface area contributed by atoms with Gasteiger partial charge in [-0.15, -0.1) is 4.99 Å². The van der Waals surface area contributed by atoms with E-state index >= 15 is 0 Å². The molecule has 3 aromatic carbocycles. The highest BCUT2D eigenvalue weighted by Crippen LogP contribution is 2.17. The van der Waals surface area contributed by atoms with Crippen molar-refractivity contribution in [2.45, 2.75) is 26.4 Å². The second-order valence-corrected chi connectivity index (χ2v) is 7.50. The molecule has 0 saturated carbocycles. The van der Waals surface area contributed by atoms with Crippen molar-refractivity contribution in [2.24, 2.45) is 4.99 Å². The lowest BCUT2D eigenvalue weighted by Gasteiger charge is -2.09. The van der Waals surface area contributed by atoms with E-state index in [-0.39, 0.29) is 5.82 Å². The summed E-state index contributed by atoms with van der Waals surface area (Å²) in [5.74, 6) is 0.281. The highest BCUT2D eigenvalue weighted by atomic mass is 19.1. The molecule has 6 nitrogen and oxygen atoms in total. The number of fused-ring (bicyclic) bond motifs is 1. The zero-order valence-corrected chi connectivity index (χ0v) is 17.7. The molecular formula is C25H24FN3O3. The third-order valence-corrected chi connectivity index (χ3v) is 5.34. The Hall–Kier alpha value is -3.87. The number of nitrogens with zero attached hydrogens (tertiary/aromatic N) is 3. The van der Waals surface area contributed by atoms with Gasteiger partial charge in [-0.1, -0.05) is 36.4 Å². The smallest absolute Gasteiger partial charge is 0.434 e. The minimum Gasteiger partial charge on any atom is -0.494 e. The molecule has 0 spiro atoms. The molecule has 4 aromatic rings. The number of imidazole rings is 1. The number of amides is 1. The Morgan fingerprint density at radius 2 is 1.62 bits per heavy atom. The van der Waals surface area contributed by atoms with Gasteiger partial charge in [-0.05, 0) is 60.9 Å². The summed E-state index contributed by atoms with van der Waals surface area (Å²) in [6, 6.07) is 21.7. The number of aryl methyl sites for hydroxylation is 2.